The zero-order valence-corrected chi connectivity index (χ0v) is 9.70. The molecule has 1 atom stereocenters. The molecule has 0 aromatic rings. The van der Waals surface area contributed by atoms with E-state index in [1.54, 1.807) is 11.8 Å². The van der Waals surface area contributed by atoms with Gasteiger partial charge in [-0.15, -0.1) is 0 Å². The van der Waals surface area contributed by atoms with Gasteiger partial charge in [-0.3, -0.25) is 4.99 Å². The van der Waals surface area contributed by atoms with E-state index in [0.29, 0.717) is 11.8 Å². The van der Waals surface area contributed by atoms with Gasteiger partial charge in [0.15, 0.2) is 5.17 Å². The highest BCUT2D eigenvalue weighted by Crippen LogP contribution is 2.41. The summed E-state index contributed by atoms with van der Waals surface area (Å²) >= 11 is 1.70. The third kappa shape index (κ3) is 3.88. The fraction of sp³-hybridized carbons (Fsp3) is 0.900. The minimum absolute atomic E-state index is 0.122. The van der Waals surface area contributed by atoms with Crippen LogP contribution in [0.25, 0.3) is 0 Å². The smallest absolute Gasteiger partial charge is 0.365 e. The molecular weight excluding hydrogens is 237 g/mol. The first-order valence-corrected chi connectivity index (χ1v) is 6.44. The predicted octanol–water partition coefficient (Wildman–Crippen LogP) is 2.80. The van der Waals surface area contributed by atoms with Crippen molar-refractivity contribution in [3.05, 3.63) is 0 Å². The maximum atomic E-state index is 11.9. The fourth-order valence-corrected chi connectivity index (χ4v) is 2.92. The molecule has 0 amide bonds. The Morgan fingerprint density at radius 2 is 2.12 bits per heavy atom. The molecule has 0 saturated heterocycles. The van der Waals surface area contributed by atoms with Gasteiger partial charge in [-0.2, -0.15) is 13.2 Å². The Morgan fingerprint density at radius 1 is 1.38 bits per heavy atom. The van der Waals surface area contributed by atoms with Crippen LogP contribution < -0.4 is 5.32 Å². The first kappa shape index (κ1) is 12.1. The molecule has 1 saturated carbocycles. The van der Waals surface area contributed by atoms with E-state index in [1.807, 2.05) is 0 Å². The van der Waals surface area contributed by atoms with Gasteiger partial charge < -0.3 is 5.32 Å². The van der Waals surface area contributed by atoms with E-state index in [-0.39, 0.29) is 6.42 Å². The van der Waals surface area contributed by atoms with Crippen LogP contribution in [0.5, 0.6) is 0 Å². The van der Waals surface area contributed by atoms with Crippen LogP contribution in [0.4, 0.5) is 13.2 Å². The molecule has 1 N–H and O–H groups in total. The van der Waals surface area contributed by atoms with E-state index in [2.05, 4.69) is 10.3 Å². The molecule has 16 heavy (non-hydrogen) atoms. The zero-order chi connectivity index (χ0) is 11.6. The van der Waals surface area contributed by atoms with E-state index in [0.717, 1.165) is 17.6 Å². The summed E-state index contributed by atoms with van der Waals surface area (Å²) in [7, 11) is 0. The summed E-state index contributed by atoms with van der Waals surface area (Å²) in [6, 6.07) is 0. The van der Waals surface area contributed by atoms with Crippen molar-refractivity contribution in [3.63, 3.8) is 0 Å². The molecule has 0 aromatic carbocycles. The Labute approximate surface area is 97.1 Å². The van der Waals surface area contributed by atoms with E-state index in [9.17, 15) is 13.2 Å². The van der Waals surface area contributed by atoms with Crippen LogP contribution in [0.1, 0.15) is 25.7 Å². The van der Waals surface area contributed by atoms with Crippen LogP contribution in [0, 0.1) is 5.92 Å². The topological polar surface area (TPSA) is 24.4 Å². The van der Waals surface area contributed by atoms with Crippen molar-refractivity contribution in [1.29, 1.82) is 0 Å². The van der Waals surface area contributed by atoms with E-state index >= 15 is 0 Å². The third-order valence-electron chi connectivity index (χ3n) is 2.74. The molecule has 6 heteroatoms. The first-order chi connectivity index (χ1) is 7.54. The summed E-state index contributed by atoms with van der Waals surface area (Å²) in [4.78, 5) is 4.30. The molecule has 0 bridgehead atoms. The van der Waals surface area contributed by atoms with Gasteiger partial charge in [-0.05, 0) is 25.2 Å². The molecule has 1 heterocycles. The quantitative estimate of drug-likeness (QED) is 0.778. The third-order valence-corrected chi connectivity index (χ3v) is 4.07. The lowest BCUT2D eigenvalue weighted by molar-refractivity contribution is -0.135. The number of alkyl halides is 3. The standard InChI is InChI=1S/C10H15F3N2S/c11-10(12,13)4-1-5-14-9-15-6-8(16-9)7-2-3-7/h7-8H,1-6H2,(H,14,15). The largest absolute Gasteiger partial charge is 0.389 e. The maximum absolute atomic E-state index is 11.9. The minimum Gasteiger partial charge on any atom is -0.365 e. The number of rotatable bonds is 4. The minimum atomic E-state index is -4.04. The Morgan fingerprint density at radius 3 is 2.75 bits per heavy atom. The number of hydrogen-bond donors (Lipinski definition) is 1. The predicted molar refractivity (Wildman–Crippen MR) is 59.7 cm³/mol. The molecular formula is C10H15F3N2S. The summed E-state index contributed by atoms with van der Waals surface area (Å²) in [5.41, 5.74) is 0. The van der Waals surface area contributed by atoms with Crippen LogP contribution in [-0.4, -0.2) is 29.7 Å². The molecule has 1 unspecified atom stereocenters. The number of nitrogens with zero attached hydrogens (tertiary/aromatic N) is 1. The number of amidine groups is 1. The second-order valence-corrected chi connectivity index (χ2v) is 5.51. The summed E-state index contributed by atoms with van der Waals surface area (Å²) < 4.78 is 35.6. The fourth-order valence-electron chi connectivity index (χ4n) is 1.69. The number of nitrogens with one attached hydrogen (secondary N) is 1. The molecule has 92 valence electrons. The van der Waals surface area contributed by atoms with E-state index < -0.39 is 12.6 Å². The summed E-state index contributed by atoms with van der Waals surface area (Å²) in [5.74, 6) is 0.795. The number of hydrogen-bond acceptors (Lipinski definition) is 3. The van der Waals surface area contributed by atoms with Crippen LogP contribution in [0.2, 0.25) is 0 Å². The zero-order valence-electron chi connectivity index (χ0n) is 8.89. The number of aliphatic imine (C=N–C) groups is 1. The Balaban J connectivity index is 1.57. The van der Waals surface area contributed by atoms with Gasteiger partial charge in [0.05, 0.1) is 6.54 Å². The van der Waals surface area contributed by atoms with Gasteiger partial charge >= 0.3 is 6.18 Å². The molecule has 1 aliphatic carbocycles. The lowest BCUT2D eigenvalue weighted by atomic mass is 10.3. The average molecular weight is 252 g/mol. The monoisotopic (exact) mass is 252 g/mol. The van der Waals surface area contributed by atoms with Crippen molar-refractivity contribution in [1.82, 2.24) is 5.32 Å². The summed E-state index contributed by atoms with van der Waals surface area (Å²) in [6.45, 7) is 1.19. The normalized spacial score (nSPS) is 25.7. The summed E-state index contributed by atoms with van der Waals surface area (Å²) in [6.07, 6.45) is -2.06. The van der Waals surface area contributed by atoms with Crippen LogP contribution in [-0.2, 0) is 0 Å². The Kier molecular flexibility index (Phi) is 3.66. The lowest BCUT2D eigenvalue weighted by Crippen LogP contribution is -2.22. The highest BCUT2D eigenvalue weighted by molar-refractivity contribution is 8.14. The van der Waals surface area contributed by atoms with Crippen molar-refractivity contribution in [2.45, 2.75) is 37.1 Å². The first-order valence-electron chi connectivity index (χ1n) is 5.56. The average Bonchev–Trinajstić information content (AvgIpc) is 2.93. The molecule has 2 rings (SSSR count). The van der Waals surface area contributed by atoms with Crippen molar-refractivity contribution < 1.29 is 13.2 Å². The molecule has 0 spiro atoms. The molecule has 0 radical (unpaired) electrons. The molecule has 1 aliphatic heterocycles. The van der Waals surface area contributed by atoms with E-state index in [4.69, 9.17) is 0 Å². The molecule has 2 aliphatic rings. The van der Waals surface area contributed by atoms with Crippen molar-refractivity contribution >= 4 is 16.9 Å². The van der Waals surface area contributed by atoms with E-state index in [1.165, 1.54) is 12.8 Å². The molecule has 1 fully saturated rings. The number of halogens is 3. The van der Waals surface area contributed by atoms with Gasteiger partial charge in [0.2, 0.25) is 0 Å². The SMILES string of the molecule is FC(F)(F)CCCNC1=NCC(C2CC2)S1. The Hall–Kier alpha value is -0.390. The highest BCUT2D eigenvalue weighted by atomic mass is 32.2. The lowest BCUT2D eigenvalue weighted by Gasteiger charge is -2.08. The summed E-state index contributed by atoms with van der Waals surface area (Å²) in [5, 5.41) is 4.39. The van der Waals surface area contributed by atoms with Gasteiger partial charge in [0, 0.05) is 18.2 Å². The second-order valence-electron chi connectivity index (χ2n) is 4.29. The van der Waals surface area contributed by atoms with Crippen molar-refractivity contribution in [3.8, 4) is 0 Å². The van der Waals surface area contributed by atoms with Gasteiger partial charge in [0.25, 0.3) is 0 Å². The maximum Gasteiger partial charge on any atom is 0.389 e. The second kappa shape index (κ2) is 4.85. The molecule has 2 nitrogen and oxygen atoms in total. The van der Waals surface area contributed by atoms with Crippen molar-refractivity contribution in [2.75, 3.05) is 13.1 Å². The van der Waals surface area contributed by atoms with Gasteiger partial charge in [-0.25, -0.2) is 0 Å². The van der Waals surface area contributed by atoms with Crippen LogP contribution in [0.3, 0.4) is 0 Å². The van der Waals surface area contributed by atoms with Crippen LogP contribution >= 0.6 is 11.8 Å². The van der Waals surface area contributed by atoms with Gasteiger partial charge in [-0.1, -0.05) is 11.8 Å². The van der Waals surface area contributed by atoms with Crippen molar-refractivity contribution in [2.24, 2.45) is 10.9 Å². The van der Waals surface area contributed by atoms with Crippen LogP contribution in [0.15, 0.2) is 4.99 Å². The number of thioether (sulfide) groups is 1. The molecule has 0 aromatic heterocycles. The van der Waals surface area contributed by atoms with Gasteiger partial charge in [0.1, 0.15) is 0 Å². The Bertz CT molecular complexity index is 274. The highest BCUT2D eigenvalue weighted by Gasteiger charge is 2.35.